The average Bonchev–Trinajstić information content (AvgIpc) is 2.85. The number of hydrogen-bond donors (Lipinski definition) is 2. The minimum atomic E-state index is -1.04. The third kappa shape index (κ3) is 1.39. The summed E-state index contributed by atoms with van der Waals surface area (Å²) >= 11 is 0. The van der Waals surface area contributed by atoms with Gasteiger partial charge in [-0.25, -0.2) is 0 Å². The van der Waals surface area contributed by atoms with Crippen LogP contribution in [0.2, 0.25) is 0 Å². The minimum absolute atomic E-state index is 0.258. The van der Waals surface area contributed by atoms with Gasteiger partial charge in [0.05, 0.1) is 0 Å². The Morgan fingerprint density at radius 3 is 2.69 bits per heavy atom. The summed E-state index contributed by atoms with van der Waals surface area (Å²) in [7, 11) is 0. The van der Waals surface area contributed by atoms with Gasteiger partial charge in [-0.3, -0.25) is 4.90 Å². The maximum atomic E-state index is 10.6. The summed E-state index contributed by atoms with van der Waals surface area (Å²) in [5, 5.41) is 20.7. The predicted octanol–water partition coefficient (Wildman–Crippen LogP) is 0.614. The van der Waals surface area contributed by atoms with Crippen LogP contribution >= 0.6 is 0 Å². The average molecular weight is 219 g/mol. The number of piperidine rings is 1. The fourth-order valence-electron chi connectivity index (χ4n) is 3.07. The van der Waals surface area contributed by atoms with Crippen LogP contribution < -0.4 is 0 Å². The summed E-state index contributed by atoms with van der Waals surface area (Å²) in [4.78, 5) is 2.02. The predicted molar refractivity (Wildman–Crippen MR) is 60.8 cm³/mol. The van der Waals surface area contributed by atoms with Gasteiger partial charge in [0.15, 0.2) is 0 Å². The fourth-order valence-corrected chi connectivity index (χ4v) is 3.07. The lowest BCUT2D eigenvalue weighted by Crippen LogP contribution is -2.55. The minimum Gasteiger partial charge on any atom is -0.388 e. The van der Waals surface area contributed by atoms with E-state index in [-0.39, 0.29) is 5.92 Å². The molecule has 3 nitrogen and oxygen atoms in total. The quantitative estimate of drug-likeness (QED) is 0.766. The molecule has 2 N–H and O–H groups in total. The smallest absolute Gasteiger partial charge is 0.148 e. The Labute approximate surface area is 95.3 Å². The van der Waals surface area contributed by atoms with Crippen LogP contribution in [0.3, 0.4) is 0 Å². The molecule has 2 saturated heterocycles. The fraction of sp³-hybridized carbons (Fsp3) is 0.538. The topological polar surface area (TPSA) is 43.7 Å². The van der Waals surface area contributed by atoms with Crippen LogP contribution in [0, 0.1) is 5.92 Å². The van der Waals surface area contributed by atoms with E-state index in [0.29, 0.717) is 6.42 Å². The molecule has 1 aromatic carbocycles. The number of rotatable bonds is 2. The molecule has 86 valence electrons. The van der Waals surface area contributed by atoms with Crippen LogP contribution in [-0.4, -0.2) is 40.0 Å². The molecule has 0 aliphatic carbocycles. The second-order valence-corrected chi connectivity index (χ2v) is 4.98. The molecule has 2 aliphatic rings. The van der Waals surface area contributed by atoms with E-state index in [9.17, 15) is 10.2 Å². The molecule has 4 atom stereocenters. The molecule has 0 saturated carbocycles. The lowest BCUT2D eigenvalue weighted by molar-refractivity contribution is -0.157. The van der Waals surface area contributed by atoms with Crippen LogP contribution in [0.4, 0.5) is 0 Å². The largest absolute Gasteiger partial charge is 0.388 e. The summed E-state index contributed by atoms with van der Waals surface area (Å²) in [5.74, 6) is 0.258. The SMILES string of the molecule is OC1C2CCN(C2)C1(O)Cc1ccccc1. The summed E-state index contributed by atoms with van der Waals surface area (Å²) in [6.07, 6.45) is 0.936. The summed E-state index contributed by atoms with van der Waals surface area (Å²) in [6, 6.07) is 9.89. The molecule has 2 bridgehead atoms. The molecule has 3 heteroatoms. The first-order valence-electron chi connectivity index (χ1n) is 5.89. The summed E-state index contributed by atoms with van der Waals surface area (Å²) in [5.41, 5.74) is 0.0428. The number of fused-ring (bicyclic) bond motifs is 2. The van der Waals surface area contributed by atoms with Crippen molar-refractivity contribution in [1.82, 2.24) is 4.90 Å². The molecule has 0 amide bonds. The summed E-state index contributed by atoms with van der Waals surface area (Å²) < 4.78 is 0. The standard InChI is InChI=1S/C13H17NO2/c15-12-11-6-7-14(9-11)13(12,16)8-10-4-2-1-3-5-10/h1-5,11-12,15-16H,6-9H2. The second kappa shape index (κ2) is 3.55. The molecule has 3 rings (SSSR count). The van der Waals surface area contributed by atoms with Gasteiger partial charge in [0.2, 0.25) is 0 Å². The van der Waals surface area contributed by atoms with Crippen LogP contribution in [0.5, 0.6) is 0 Å². The Morgan fingerprint density at radius 2 is 2.06 bits per heavy atom. The van der Waals surface area contributed by atoms with E-state index in [0.717, 1.165) is 25.1 Å². The molecule has 0 radical (unpaired) electrons. The zero-order chi connectivity index (χ0) is 11.2. The lowest BCUT2D eigenvalue weighted by Gasteiger charge is -2.38. The zero-order valence-electron chi connectivity index (χ0n) is 9.21. The van der Waals surface area contributed by atoms with Crippen molar-refractivity contribution in [2.75, 3.05) is 13.1 Å². The third-order valence-electron chi connectivity index (χ3n) is 4.00. The van der Waals surface area contributed by atoms with Gasteiger partial charge in [0, 0.05) is 25.4 Å². The van der Waals surface area contributed by atoms with Gasteiger partial charge < -0.3 is 10.2 Å². The van der Waals surface area contributed by atoms with Crippen molar-refractivity contribution in [3.8, 4) is 0 Å². The molecule has 0 aromatic heterocycles. The zero-order valence-corrected chi connectivity index (χ0v) is 9.21. The Hall–Kier alpha value is -0.900. The van der Waals surface area contributed by atoms with Gasteiger partial charge in [-0.15, -0.1) is 0 Å². The van der Waals surface area contributed by atoms with Gasteiger partial charge in [0.1, 0.15) is 11.8 Å². The van der Waals surface area contributed by atoms with Gasteiger partial charge in [-0.05, 0) is 12.0 Å². The van der Waals surface area contributed by atoms with Gasteiger partial charge in [-0.2, -0.15) is 0 Å². The molecule has 2 fully saturated rings. The van der Waals surface area contributed by atoms with E-state index in [1.165, 1.54) is 0 Å². The number of hydrogen-bond acceptors (Lipinski definition) is 3. The van der Waals surface area contributed by atoms with Crippen molar-refractivity contribution in [1.29, 1.82) is 0 Å². The maximum Gasteiger partial charge on any atom is 0.148 e. The molecule has 2 aliphatic heterocycles. The normalized spacial score (nSPS) is 41.5. The van der Waals surface area contributed by atoms with Gasteiger partial charge >= 0.3 is 0 Å². The second-order valence-electron chi connectivity index (χ2n) is 4.98. The van der Waals surface area contributed by atoms with E-state index in [1.807, 2.05) is 35.2 Å². The van der Waals surface area contributed by atoms with Crippen LogP contribution in [0.15, 0.2) is 30.3 Å². The molecule has 16 heavy (non-hydrogen) atoms. The molecular weight excluding hydrogens is 202 g/mol. The van der Waals surface area contributed by atoms with Crippen molar-refractivity contribution in [3.05, 3.63) is 35.9 Å². The van der Waals surface area contributed by atoms with Crippen LogP contribution in [0.1, 0.15) is 12.0 Å². The first-order chi connectivity index (χ1) is 7.70. The highest BCUT2D eigenvalue weighted by atomic mass is 16.4. The van der Waals surface area contributed by atoms with Crippen molar-refractivity contribution >= 4 is 0 Å². The lowest BCUT2D eigenvalue weighted by atomic mass is 9.89. The van der Waals surface area contributed by atoms with Gasteiger partial charge in [-0.1, -0.05) is 30.3 Å². The first kappa shape index (κ1) is 10.3. The number of nitrogens with zero attached hydrogens (tertiary/aromatic N) is 1. The Balaban J connectivity index is 1.84. The van der Waals surface area contributed by atoms with E-state index < -0.39 is 11.8 Å². The Kier molecular flexibility index (Phi) is 2.28. The molecule has 2 heterocycles. The highest BCUT2D eigenvalue weighted by molar-refractivity contribution is 5.19. The highest BCUT2D eigenvalue weighted by Crippen LogP contribution is 2.41. The first-order valence-corrected chi connectivity index (χ1v) is 5.89. The van der Waals surface area contributed by atoms with E-state index in [1.54, 1.807) is 0 Å². The van der Waals surface area contributed by atoms with Crippen LogP contribution in [-0.2, 0) is 6.42 Å². The van der Waals surface area contributed by atoms with Crippen molar-refractivity contribution in [2.45, 2.75) is 24.7 Å². The van der Waals surface area contributed by atoms with Crippen LogP contribution in [0.25, 0.3) is 0 Å². The Bertz CT molecular complexity index is 377. The van der Waals surface area contributed by atoms with Crippen molar-refractivity contribution < 1.29 is 10.2 Å². The molecule has 0 spiro atoms. The summed E-state index contributed by atoms with van der Waals surface area (Å²) in [6.45, 7) is 1.75. The molecule has 1 aromatic rings. The van der Waals surface area contributed by atoms with Crippen molar-refractivity contribution in [2.24, 2.45) is 5.92 Å². The molecule has 4 unspecified atom stereocenters. The number of benzene rings is 1. The van der Waals surface area contributed by atoms with Crippen molar-refractivity contribution in [3.63, 3.8) is 0 Å². The Morgan fingerprint density at radius 1 is 1.31 bits per heavy atom. The molecular formula is C13H17NO2. The number of aliphatic hydroxyl groups excluding tert-OH is 1. The maximum absolute atomic E-state index is 10.6. The van der Waals surface area contributed by atoms with E-state index in [2.05, 4.69) is 0 Å². The van der Waals surface area contributed by atoms with Gasteiger partial charge in [0.25, 0.3) is 0 Å². The number of aliphatic hydroxyl groups is 2. The monoisotopic (exact) mass is 219 g/mol. The van der Waals surface area contributed by atoms with E-state index in [4.69, 9.17) is 0 Å². The highest BCUT2D eigenvalue weighted by Gasteiger charge is 2.55. The third-order valence-corrected chi connectivity index (χ3v) is 4.00. The van der Waals surface area contributed by atoms with E-state index >= 15 is 0 Å².